The summed E-state index contributed by atoms with van der Waals surface area (Å²) in [6.07, 6.45) is 0.227. The van der Waals surface area contributed by atoms with Crippen molar-refractivity contribution in [1.29, 1.82) is 0 Å². The van der Waals surface area contributed by atoms with Gasteiger partial charge in [-0.1, -0.05) is 4.57 Å². The third-order valence-corrected chi connectivity index (χ3v) is 1.50. The van der Waals surface area contributed by atoms with Gasteiger partial charge in [-0.2, -0.15) is 4.79 Å². The fourth-order valence-corrected chi connectivity index (χ4v) is 0.406. The molecule has 1 atom stereocenters. The summed E-state index contributed by atoms with van der Waals surface area (Å²) in [5.74, 6) is 0. The van der Waals surface area contributed by atoms with Gasteiger partial charge in [-0.25, -0.2) is 0 Å². The maximum absolute atomic E-state index is 10.1. The Morgan fingerprint density at radius 1 is 1.86 bits per heavy atom. The topological polar surface area (TPSA) is 54.4 Å². The molecule has 0 saturated carbocycles. The molecular formula is C3H6O3P+. The number of carbonyl (C=O) groups is 1. The zero-order valence-corrected chi connectivity index (χ0v) is 4.81. The summed E-state index contributed by atoms with van der Waals surface area (Å²) in [4.78, 5) is 9.65. The standard InChI is InChI=1S/C3H5O3P/c1-2-7(6)3(4)5/h2H2,1H3/p+1. The lowest BCUT2D eigenvalue weighted by molar-refractivity contribution is 0.220. The molecule has 0 radical (unpaired) electrons. The highest BCUT2D eigenvalue weighted by Crippen LogP contribution is 2.18. The zero-order chi connectivity index (χ0) is 5.86. The first kappa shape index (κ1) is 6.57. The Hall–Kier alpha value is -0.430. The summed E-state index contributed by atoms with van der Waals surface area (Å²) in [7, 11) is -1.97. The van der Waals surface area contributed by atoms with E-state index in [2.05, 4.69) is 0 Å². The van der Waals surface area contributed by atoms with Crippen LogP contribution in [0.2, 0.25) is 0 Å². The predicted octanol–water partition coefficient (Wildman–Crippen LogP) is 1.51. The quantitative estimate of drug-likeness (QED) is 0.563. The SMILES string of the molecule is CC[P+](=O)C(=O)O. The van der Waals surface area contributed by atoms with E-state index in [0.717, 1.165) is 0 Å². The van der Waals surface area contributed by atoms with Gasteiger partial charge in [0.25, 0.3) is 0 Å². The summed E-state index contributed by atoms with van der Waals surface area (Å²) in [6, 6.07) is 0. The fraction of sp³-hybridized carbons (Fsp3) is 0.667. The first-order valence-electron chi connectivity index (χ1n) is 1.86. The van der Waals surface area contributed by atoms with Gasteiger partial charge in [-0.3, -0.25) is 0 Å². The van der Waals surface area contributed by atoms with Gasteiger partial charge in [-0.15, -0.1) is 0 Å². The van der Waals surface area contributed by atoms with E-state index in [1.54, 1.807) is 6.92 Å². The van der Waals surface area contributed by atoms with Crippen molar-refractivity contribution in [2.75, 3.05) is 6.16 Å². The second-order valence-corrected chi connectivity index (χ2v) is 2.75. The van der Waals surface area contributed by atoms with E-state index in [1.165, 1.54) is 0 Å². The normalized spacial score (nSPS) is 10.7. The summed E-state index contributed by atoms with van der Waals surface area (Å²) < 4.78 is 10.1. The van der Waals surface area contributed by atoms with Crippen LogP contribution in [0.5, 0.6) is 0 Å². The van der Waals surface area contributed by atoms with Crippen molar-refractivity contribution in [3.8, 4) is 0 Å². The molecule has 4 heteroatoms. The smallest absolute Gasteiger partial charge is 0.443 e. The number of hydrogen-bond acceptors (Lipinski definition) is 2. The van der Waals surface area contributed by atoms with Crippen LogP contribution in [-0.4, -0.2) is 17.0 Å². The molecule has 0 aliphatic heterocycles. The van der Waals surface area contributed by atoms with Crippen LogP contribution in [0, 0.1) is 0 Å². The predicted molar refractivity (Wildman–Crippen MR) is 26.2 cm³/mol. The summed E-state index contributed by atoms with van der Waals surface area (Å²) in [5, 5.41) is 7.90. The van der Waals surface area contributed by atoms with Crippen LogP contribution in [-0.2, 0) is 4.57 Å². The number of hydrogen-bond donors (Lipinski definition) is 1. The Labute approximate surface area is 42.1 Å². The number of rotatable bonds is 2. The molecule has 0 aromatic carbocycles. The third kappa shape index (κ3) is 2.29. The Balaban J connectivity index is 3.58. The molecule has 0 aliphatic rings. The Kier molecular flexibility index (Phi) is 2.53. The molecule has 0 spiro atoms. The van der Waals surface area contributed by atoms with Crippen molar-refractivity contribution >= 4 is 13.5 Å². The largest absolute Gasteiger partial charge is 0.552 e. The molecule has 0 aromatic rings. The lowest BCUT2D eigenvalue weighted by Crippen LogP contribution is -1.82. The van der Waals surface area contributed by atoms with Crippen LogP contribution in [0.4, 0.5) is 4.79 Å². The van der Waals surface area contributed by atoms with Crippen LogP contribution in [0.3, 0.4) is 0 Å². The van der Waals surface area contributed by atoms with Crippen LogP contribution >= 0.6 is 7.80 Å². The van der Waals surface area contributed by atoms with E-state index in [1.807, 2.05) is 0 Å². The van der Waals surface area contributed by atoms with Gasteiger partial charge in [0.2, 0.25) is 0 Å². The second kappa shape index (κ2) is 2.69. The molecule has 0 aromatic heterocycles. The van der Waals surface area contributed by atoms with Crippen LogP contribution in [0.1, 0.15) is 6.92 Å². The van der Waals surface area contributed by atoms with E-state index < -0.39 is 13.5 Å². The molecule has 0 fully saturated rings. The monoisotopic (exact) mass is 121 g/mol. The summed E-state index contributed by atoms with van der Waals surface area (Å²) in [5.41, 5.74) is -1.20. The van der Waals surface area contributed by atoms with E-state index in [-0.39, 0.29) is 6.16 Å². The minimum absolute atomic E-state index is 0.227. The lowest BCUT2D eigenvalue weighted by atomic mass is 11.0. The van der Waals surface area contributed by atoms with E-state index >= 15 is 0 Å². The van der Waals surface area contributed by atoms with Crippen molar-refractivity contribution < 1.29 is 14.5 Å². The molecule has 1 unspecified atom stereocenters. The number of carboxylic acid groups (broad SMARTS) is 1. The molecule has 1 N–H and O–H groups in total. The zero-order valence-electron chi connectivity index (χ0n) is 3.92. The fourth-order valence-electron chi connectivity index (χ4n) is 0.135. The van der Waals surface area contributed by atoms with E-state index in [9.17, 15) is 9.36 Å². The summed E-state index contributed by atoms with van der Waals surface area (Å²) >= 11 is 0. The van der Waals surface area contributed by atoms with Gasteiger partial charge < -0.3 is 5.11 Å². The average Bonchev–Trinajstić information content (AvgIpc) is 1.65. The Bertz CT molecular complexity index is 98.4. The maximum atomic E-state index is 10.1. The van der Waals surface area contributed by atoms with Crippen molar-refractivity contribution in [2.45, 2.75) is 6.92 Å². The summed E-state index contributed by atoms with van der Waals surface area (Å²) in [6.45, 7) is 1.58. The molecule has 7 heavy (non-hydrogen) atoms. The van der Waals surface area contributed by atoms with Gasteiger partial charge >= 0.3 is 13.5 Å². The van der Waals surface area contributed by atoms with Crippen LogP contribution < -0.4 is 0 Å². The van der Waals surface area contributed by atoms with Crippen molar-refractivity contribution in [3.63, 3.8) is 0 Å². The van der Waals surface area contributed by atoms with Crippen molar-refractivity contribution in [1.82, 2.24) is 0 Å². The Morgan fingerprint density at radius 3 is 2.29 bits per heavy atom. The first-order chi connectivity index (χ1) is 3.18. The molecule has 40 valence electrons. The molecule has 0 bridgehead atoms. The van der Waals surface area contributed by atoms with Gasteiger partial charge in [0.05, 0.1) is 0 Å². The van der Waals surface area contributed by atoms with Crippen LogP contribution in [0.25, 0.3) is 0 Å². The molecule has 0 aliphatic carbocycles. The van der Waals surface area contributed by atoms with Crippen molar-refractivity contribution in [3.05, 3.63) is 0 Å². The van der Waals surface area contributed by atoms with Gasteiger partial charge in [-0.05, 0) is 6.92 Å². The minimum atomic E-state index is -1.97. The molecule has 0 saturated heterocycles. The highest BCUT2D eigenvalue weighted by atomic mass is 31.1. The maximum Gasteiger partial charge on any atom is 0.552 e. The minimum Gasteiger partial charge on any atom is -0.443 e. The van der Waals surface area contributed by atoms with E-state index in [4.69, 9.17) is 5.11 Å². The van der Waals surface area contributed by atoms with Crippen LogP contribution in [0.15, 0.2) is 0 Å². The van der Waals surface area contributed by atoms with E-state index in [0.29, 0.717) is 0 Å². The average molecular weight is 121 g/mol. The molecule has 3 nitrogen and oxygen atoms in total. The molecule has 0 amide bonds. The molecular weight excluding hydrogens is 115 g/mol. The second-order valence-electron chi connectivity index (χ2n) is 0.977. The van der Waals surface area contributed by atoms with Gasteiger partial charge in [0.15, 0.2) is 6.16 Å². The lowest BCUT2D eigenvalue weighted by Gasteiger charge is -1.65. The van der Waals surface area contributed by atoms with Gasteiger partial charge in [0.1, 0.15) is 0 Å². The molecule has 0 rings (SSSR count). The highest BCUT2D eigenvalue weighted by molar-refractivity contribution is 7.62. The van der Waals surface area contributed by atoms with Crippen molar-refractivity contribution in [2.24, 2.45) is 0 Å². The first-order valence-corrected chi connectivity index (χ1v) is 3.30. The molecule has 0 heterocycles. The highest BCUT2D eigenvalue weighted by Gasteiger charge is 2.22. The Morgan fingerprint density at radius 2 is 2.29 bits per heavy atom. The third-order valence-electron chi connectivity index (χ3n) is 0.501. The van der Waals surface area contributed by atoms with Gasteiger partial charge in [0, 0.05) is 0 Å².